The maximum Gasteiger partial charge on any atom is 0.337 e. The number of hydrogen-bond acceptors (Lipinski definition) is 8. The van der Waals surface area contributed by atoms with Crippen molar-refractivity contribution in [2.75, 3.05) is 38.1 Å². The van der Waals surface area contributed by atoms with Gasteiger partial charge in [-0.3, -0.25) is 0 Å². The van der Waals surface area contributed by atoms with Crippen molar-refractivity contribution in [3.63, 3.8) is 0 Å². The van der Waals surface area contributed by atoms with Gasteiger partial charge in [0.2, 0.25) is 0 Å². The minimum Gasteiger partial charge on any atom is -0.465 e. The zero-order chi connectivity index (χ0) is 34.8. The van der Waals surface area contributed by atoms with E-state index >= 15 is 0 Å². The fourth-order valence-corrected chi connectivity index (χ4v) is 8.19. The molecule has 4 aromatic carbocycles. The topological polar surface area (TPSA) is 95.1 Å². The minimum absolute atomic E-state index is 0.0500. The molecule has 4 aliphatic rings. The fourth-order valence-electron chi connectivity index (χ4n) is 7.83. The monoisotopic (exact) mass is 714 g/mol. The van der Waals surface area contributed by atoms with E-state index in [0.717, 1.165) is 82.6 Å². The summed E-state index contributed by atoms with van der Waals surface area (Å²) in [7, 11) is 2.79. The highest BCUT2D eigenvalue weighted by molar-refractivity contribution is 6.31. The zero-order valence-electron chi connectivity index (χ0n) is 28.0. The molecule has 4 aliphatic heterocycles. The van der Waals surface area contributed by atoms with Crippen molar-refractivity contribution in [1.82, 2.24) is 0 Å². The molecule has 4 heterocycles. The zero-order valence-corrected chi connectivity index (χ0v) is 29.5. The van der Waals surface area contributed by atoms with Gasteiger partial charge in [0.15, 0.2) is 0 Å². The fraction of sp³-hybridized carbons (Fsp3) is 0.350. The molecule has 10 heteroatoms. The van der Waals surface area contributed by atoms with E-state index in [1.165, 1.54) is 14.2 Å². The van der Waals surface area contributed by atoms with Crippen LogP contribution in [0.25, 0.3) is 0 Å². The lowest BCUT2D eigenvalue weighted by Crippen LogP contribution is -2.36. The highest BCUT2D eigenvalue weighted by atomic mass is 35.5. The molecule has 2 N–H and O–H groups in total. The second kappa shape index (κ2) is 15.0. The van der Waals surface area contributed by atoms with Crippen molar-refractivity contribution >= 4 is 46.5 Å². The smallest absolute Gasteiger partial charge is 0.337 e. The summed E-state index contributed by atoms with van der Waals surface area (Å²) in [6, 6.07) is 27.4. The molecule has 6 atom stereocenters. The van der Waals surface area contributed by atoms with Gasteiger partial charge in [0.25, 0.3) is 0 Å². The first-order valence-electron chi connectivity index (χ1n) is 17.1. The number of halogens is 2. The summed E-state index contributed by atoms with van der Waals surface area (Å²) in [5, 5.41) is 8.76. The Balaban J connectivity index is 0.000000157. The average Bonchev–Trinajstić information content (AvgIpc) is 3.17. The summed E-state index contributed by atoms with van der Waals surface area (Å²) in [5.41, 5.74) is 7.82. The molecule has 0 spiro atoms. The average molecular weight is 716 g/mol. The molecule has 8 rings (SSSR count). The Labute approximate surface area is 302 Å². The van der Waals surface area contributed by atoms with Crippen molar-refractivity contribution in [2.24, 2.45) is 11.8 Å². The van der Waals surface area contributed by atoms with Gasteiger partial charge in [0.1, 0.15) is 0 Å². The van der Waals surface area contributed by atoms with E-state index in [1.807, 2.05) is 84.9 Å². The van der Waals surface area contributed by atoms with Gasteiger partial charge in [0.05, 0.1) is 49.6 Å². The number of hydrogen-bond donors (Lipinski definition) is 2. The number of benzene rings is 4. The molecule has 2 fully saturated rings. The van der Waals surface area contributed by atoms with E-state index < -0.39 is 0 Å². The maximum absolute atomic E-state index is 11.7. The molecule has 4 aromatic rings. The summed E-state index contributed by atoms with van der Waals surface area (Å²) in [6.07, 6.45) is 4.38. The van der Waals surface area contributed by atoms with Crippen molar-refractivity contribution in [2.45, 2.75) is 50.0 Å². The van der Waals surface area contributed by atoms with E-state index in [-0.39, 0.29) is 36.2 Å². The Morgan fingerprint density at radius 2 is 1.02 bits per heavy atom. The van der Waals surface area contributed by atoms with E-state index in [2.05, 4.69) is 10.6 Å². The molecule has 0 amide bonds. The van der Waals surface area contributed by atoms with E-state index in [1.54, 1.807) is 0 Å². The molecule has 260 valence electrons. The lowest BCUT2D eigenvalue weighted by molar-refractivity contribution is -0.0381. The Bertz CT molecular complexity index is 1720. The van der Waals surface area contributed by atoms with Crippen LogP contribution >= 0.6 is 23.2 Å². The van der Waals surface area contributed by atoms with Gasteiger partial charge < -0.3 is 29.6 Å². The first-order valence-corrected chi connectivity index (χ1v) is 17.8. The van der Waals surface area contributed by atoms with Crippen LogP contribution in [0.2, 0.25) is 10.0 Å². The van der Waals surface area contributed by atoms with Crippen molar-refractivity contribution in [3.05, 3.63) is 128 Å². The lowest BCUT2D eigenvalue weighted by atomic mass is 9.77. The third-order valence-corrected chi connectivity index (χ3v) is 10.7. The predicted molar refractivity (Wildman–Crippen MR) is 194 cm³/mol. The third kappa shape index (κ3) is 6.95. The molecule has 0 bridgehead atoms. The van der Waals surface area contributed by atoms with Crippen LogP contribution in [0, 0.1) is 11.8 Å². The van der Waals surface area contributed by atoms with Crippen LogP contribution in [0.3, 0.4) is 0 Å². The van der Waals surface area contributed by atoms with Crippen molar-refractivity contribution in [1.29, 1.82) is 0 Å². The second-order valence-corrected chi connectivity index (χ2v) is 14.0. The largest absolute Gasteiger partial charge is 0.465 e. The summed E-state index contributed by atoms with van der Waals surface area (Å²) < 4.78 is 21.8. The molecule has 2 saturated heterocycles. The number of esters is 2. The molecular weight excluding hydrogens is 675 g/mol. The SMILES string of the molecule is COC(=O)c1ccc([C@@H]2Nc3ccc(Cl)cc3[C@@H]3OCCC[C@H]23)cc1.COC(=O)c1ccc([C@H]2Nc3ccc(Cl)cc3[C@@H]3OCCC[C@H]23)cc1. The Kier molecular flexibility index (Phi) is 10.3. The van der Waals surface area contributed by atoms with Crippen LogP contribution in [-0.4, -0.2) is 39.4 Å². The van der Waals surface area contributed by atoms with Crippen molar-refractivity contribution in [3.8, 4) is 0 Å². The first kappa shape index (κ1) is 34.4. The molecule has 0 unspecified atom stereocenters. The van der Waals surface area contributed by atoms with E-state index in [9.17, 15) is 9.59 Å². The van der Waals surface area contributed by atoms with Crippen LogP contribution in [0.1, 0.15) is 92.9 Å². The predicted octanol–water partition coefficient (Wildman–Crippen LogP) is 9.52. The summed E-state index contributed by atoms with van der Waals surface area (Å²) in [4.78, 5) is 23.3. The number of rotatable bonds is 4. The number of carbonyl (C=O) groups is 2. The standard InChI is InChI=1S/2C20H20ClNO3/c2*1-24-20(23)13-6-4-12(5-7-13)18-15-3-2-10-25-19(15)16-11-14(21)8-9-17(16)22-18/h2*4-9,11,15,18-19,22H,2-3,10H2,1H3/t15-,18+,19-;15-,18-,19-/m11/s1. The number of ether oxygens (including phenoxy) is 4. The minimum atomic E-state index is -0.318. The van der Waals surface area contributed by atoms with Crippen molar-refractivity contribution < 1.29 is 28.5 Å². The normalized spacial score (nSPS) is 24.6. The molecule has 0 aliphatic carbocycles. The Morgan fingerprint density at radius 3 is 1.40 bits per heavy atom. The summed E-state index contributed by atoms with van der Waals surface area (Å²) >= 11 is 12.4. The van der Waals surface area contributed by atoms with Gasteiger partial charge >= 0.3 is 11.9 Å². The number of methoxy groups -OCH3 is 2. The van der Waals surface area contributed by atoms with Gasteiger partial charge in [0, 0.05) is 57.6 Å². The second-order valence-electron chi connectivity index (χ2n) is 13.1. The quantitative estimate of drug-likeness (QED) is 0.202. The van der Waals surface area contributed by atoms with Gasteiger partial charge in [-0.2, -0.15) is 0 Å². The summed E-state index contributed by atoms with van der Waals surface area (Å²) in [6.45, 7) is 1.56. The molecule has 0 aromatic heterocycles. The molecule has 0 radical (unpaired) electrons. The van der Waals surface area contributed by atoms with Gasteiger partial charge in [-0.1, -0.05) is 47.5 Å². The van der Waals surface area contributed by atoms with Crippen LogP contribution in [0.15, 0.2) is 84.9 Å². The Hall–Kier alpha value is -4.08. The first-order chi connectivity index (χ1) is 24.3. The molecule has 50 heavy (non-hydrogen) atoms. The Morgan fingerprint density at radius 1 is 0.620 bits per heavy atom. The molecular formula is C40H40Cl2N2O6. The van der Waals surface area contributed by atoms with E-state index in [0.29, 0.717) is 23.0 Å². The van der Waals surface area contributed by atoms with Crippen LogP contribution in [0.5, 0.6) is 0 Å². The van der Waals surface area contributed by atoms with Gasteiger partial charge in [-0.25, -0.2) is 9.59 Å². The summed E-state index contributed by atoms with van der Waals surface area (Å²) in [5.74, 6) is 0.0384. The van der Waals surface area contributed by atoms with Crippen LogP contribution in [0.4, 0.5) is 11.4 Å². The van der Waals surface area contributed by atoms with Gasteiger partial charge in [-0.15, -0.1) is 0 Å². The lowest BCUT2D eigenvalue weighted by Gasteiger charge is -2.43. The highest BCUT2D eigenvalue weighted by Crippen LogP contribution is 2.51. The van der Waals surface area contributed by atoms with Crippen LogP contribution in [-0.2, 0) is 18.9 Å². The number of anilines is 2. The number of carbonyl (C=O) groups excluding carboxylic acids is 2. The number of fused-ring (bicyclic) bond motifs is 6. The van der Waals surface area contributed by atoms with Crippen LogP contribution < -0.4 is 10.6 Å². The highest BCUT2D eigenvalue weighted by Gasteiger charge is 2.41. The third-order valence-electron chi connectivity index (χ3n) is 10.2. The maximum atomic E-state index is 11.7. The molecule has 8 nitrogen and oxygen atoms in total. The number of nitrogens with one attached hydrogen (secondary N) is 2. The van der Waals surface area contributed by atoms with E-state index in [4.69, 9.17) is 42.1 Å². The van der Waals surface area contributed by atoms with Gasteiger partial charge in [-0.05, 0) is 97.5 Å². The molecule has 0 saturated carbocycles.